The largest absolute Gasteiger partial charge is 0.493 e. The highest BCUT2D eigenvalue weighted by Gasteiger charge is 2.11. The molecular formula is C16H16ClFN4O2. The summed E-state index contributed by atoms with van der Waals surface area (Å²) < 4.78 is 23.5. The van der Waals surface area contributed by atoms with Crippen molar-refractivity contribution in [2.24, 2.45) is 0 Å². The van der Waals surface area contributed by atoms with Gasteiger partial charge in [-0.3, -0.25) is 0 Å². The van der Waals surface area contributed by atoms with Crippen LogP contribution in [0, 0.1) is 5.82 Å². The number of nitrogens with zero attached hydrogens (tertiary/aromatic N) is 2. The molecule has 2 aromatic carbocycles. The molecule has 3 rings (SSSR count). The SMILES string of the molecule is COc1cc2nc(Nc3ccc(F)cc3)nc(N)c2cc1OC.Cl. The van der Waals surface area contributed by atoms with E-state index in [4.69, 9.17) is 15.2 Å². The molecule has 0 aliphatic heterocycles. The molecule has 0 spiro atoms. The van der Waals surface area contributed by atoms with Gasteiger partial charge in [-0.05, 0) is 30.3 Å². The molecule has 0 saturated carbocycles. The van der Waals surface area contributed by atoms with Crippen molar-refractivity contribution in [2.75, 3.05) is 25.3 Å². The highest BCUT2D eigenvalue weighted by Crippen LogP contribution is 2.33. The lowest BCUT2D eigenvalue weighted by Gasteiger charge is -2.11. The minimum Gasteiger partial charge on any atom is -0.493 e. The molecule has 6 nitrogen and oxygen atoms in total. The number of benzene rings is 2. The number of hydrogen-bond acceptors (Lipinski definition) is 6. The molecule has 126 valence electrons. The molecule has 0 saturated heterocycles. The van der Waals surface area contributed by atoms with Gasteiger partial charge < -0.3 is 20.5 Å². The Morgan fingerprint density at radius 1 is 1.00 bits per heavy atom. The van der Waals surface area contributed by atoms with Crippen LogP contribution in [0.3, 0.4) is 0 Å². The normalized spacial score (nSPS) is 10.1. The number of aromatic nitrogens is 2. The number of fused-ring (bicyclic) bond motifs is 1. The highest BCUT2D eigenvalue weighted by molar-refractivity contribution is 5.92. The van der Waals surface area contributed by atoms with Gasteiger partial charge in [-0.2, -0.15) is 4.98 Å². The van der Waals surface area contributed by atoms with E-state index in [2.05, 4.69) is 15.3 Å². The fourth-order valence-corrected chi connectivity index (χ4v) is 2.20. The summed E-state index contributed by atoms with van der Waals surface area (Å²) in [7, 11) is 3.09. The first-order valence-electron chi connectivity index (χ1n) is 6.82. The smallest absolute Gasteiger partial charge is 0.229 e. The molecule has 0 bridgehead atoms. The summed E-state index contributed by atoms with van der Waals surface area (Å²) in [6.45, 7) is 0. The topological polar surface area (TPSA) is 82.3 Å². The Balaban J connectivity index is 0.00000208. The predicted molar refractivity (Wildman–Crippen MR) is 94.0 cm³/mol. The van der Waals surface area contributed by atoms with E-state index in [-0.39, 0.29) is 18.2 Å². The van der Waals surface area contributed by atoms with Gasteiger partial charge in [-0.15, -0.1) is 12.4 Å². The number of ether oxygens (including phenoxy) is 2. The zero-order valence-corrected chi connectivity index (χ0v) is 13.9. The highest BCUT2D eigenvalue weighted by atomic mass is 35.5. The van der Waals surface area contributed by atoms with Gasteiger partial charge in [0.1, 0.15) is 11.6 Å². The number of nitrogens with two attached hydrogens (primary N) is 1. The minimum atomic E-state index is -0.314. The van der Waals surface area contributed by atoms with Gasteiger partial charge >= 0.3 is 0 Å². The van der Waals surface area contributed by atoms with Crippen LogP contribution < -0.4 is 20.5 Å². The molecule has 0 aliphatic carbocycles. The van der Waals surface area contributed by atoms with E-state index in [9.17, 15) is 4.39 Å². The molecule has 8 heteroatoms. The van der Waals surface area contributed by atoms with Crippen LogP contribution in [-0.2, 0) is 0 Å². The first-order chi connectivity index (χ1) is 11.1. The van der Waals surface area contributed by atoms with E-state index >= 15 is 0 Å². The van der Waals surface area contributed by atoms with E-state index in [0.29, 0.717) is 39.9 Å². The maximum atomic E-state index is 12.9. The van der Waals surface area contributed by atoms with Gasteiger partial charge in [-0.25, -0.2) is 9.37 Å². The zero-order valence-electron chi connectivity index (χ0n) is 13.0. The van der Waals surface area contributed by atoms with E-state index < -0.39 is 0 Å². The Morgan fingerprint density at radius 3 is 2.25 bits per heavy atom. The van der Waals surface area contributed by atoms with Gasteiger partial charge in [-0.1, -0.05) is 0 Å². The molecule has 0 amide bonds. The minimum absolute atomic E-state index is 0. The maximum absolute atomic E-state index is 12.9. The summed E-state index contributed by atoms with van der Waals surface area (Å²) in [4.78, 5) is 8.62. The second-order valence-corrected chi connectivity index (χ2v) is 4.79. The van der Waals surface area contributed by atoms with Crippen LogP contribution in [0.25, 0.3) is 10.9 Å². The van der Waals surface area contributed by atoms with Crippen molar-refractivity contribution in [1.29, 1.82) is 0 Å². The number of anilines is 3. The second kappa shape index (κ2) is 7.18. The quantitative estimate of drug-likeness (QED) is 0.749. The molecule has 24 heavy (non-hydrogen) atoms. The number of hydrogen-bond donors (Lipinski definition) is 2. The first kappa shape index (κ1) is 17.6. The van der Waals surface area contributed by atoms with Crippen LogP contribution in [-0.4, -0.2) is 24.2 Å². The van der Waals surface area contributed by atoms with Crippen LogP contribution in [0.1, 0.15) is 0 Å². The number of nitrogen functional groups attached to an aromatic ring is 1. The average Bonchev–Trinajstić information content (AvgIpc) is 2.56. The Morgan fingerprint density at radius 2 is 1.62 bits per heavy atom. The fraction of sp³-hybridized carbons (Fsp3) is 0.125. The van der Waals surface area contributed by atoms with Crippen molar-refractivity contribution in [3.63, 3.8) is 0 Å². The van der Waals surface area contributed by atoms with Gasteiger partial charge in [0.2, 0.25) is 5.95 Å². The third-order valence-electron chi connectivity index (χ3n) is 3.33. The fourth-order valence-electron chi connectivity index (χ4n) is 2.20. The lowest BCUT2D eigenvalue weighted by molar-refractivity contribution is 0.356. The number of rotatable bonds is 4. The molecule has 1 heterocycles. The van der Waals surface area contributed by atoms with E-state index in [1.807, 2.05) is 0 Å². The summed E-state index contributed by atoms with van der Waals surface area (Å²) in [5.74, 6) is 1.40. The first-order valence-corrected chi connectivity index (χ1v) is 6.82. The number of halogens is 2. The van der Waals surface area contributed by atoms with Gasteiger partial charge in [0.25, 0.3) is 0 Å². The Hall–Kier alpha value is -2.80. The van der Waals surface area contributed by atoms with Crippen LogP contribution in [0.15, 0.2) is 36.4 Å². The molecule has 0 unspecified atom stereocenters. The average molecular weight is 351 g/mol. The molecule has 0 radical (unpaired) electrons. The molecule has 1 aromatic heterocycles. The second-order valence-electron chi connectivity index (χ2n) is 4.79. The van der Waals surface area contributed by atoms with Crippen molar-refractivity contribution >= 4 is 40.8 Å². The van der Waals surface area contributed by atoms with Crippen molar-refractivity contribution < 1.29 is 13.9 Å². The van der Waals surface area contributed by atoms with Gasteiger partial charge in [0.15, 0.2) is 11.5 Å². The van der Waals surface area contributed by atoms with Crippen LogP contribution in [0.2, 0.25) is 0 Å². The Kier molecular flexibility index (Phi) is 5.25. The van der Waals surface area contributed by atoms with Crippen molar-refractivity contribution in [3.05, 3.63) is 42.2 Å². The third kappa shape index (κ3) is 3.41. The third-order valence-corrected chi connectivity index (χ3v) is 3.33. The molecule has 0 atom stereocenters. The van der Waals surface area contributed by atoms with E-state index in [1.165, 1.54) is 12.1 Å². The number of nitrogens with one attached hydrogen (secondary N) is 1. The van der Waals surface area contributed by atoms with Crippen LogP contribution in [0.5, 0.6) is 11.5 Å². The summed E-state index contributed by atoms with van der Waals surface area (Å²) in [6, 6.07) is 9.33. The summed E-state index contributed by atoms with van der Waals surface area (Å²) in [6.07, 6.45) is 0. The standard InChI is InChI=1S/C16H15FN4O2.ClH/c1-22-13-7-11-12(8-14(13)23-2)20-16(21-15(11)18)19-10-5-3-9(17)4-6-10;/h3-8H,1-2H3,(H3,18,19,20,21);1H. The van der Waals surface area contributed by atoms with Crippen LogP contribution in [0.4, 0.5) is 21.8 Å². The molecule has 3 N–H and O–H groups in total. The van der Waals surface area contributed by atoms with Crippen LogP contribution >= 0.6 is 12.4 Å². The van der Waals surface area contributed by atoms with E-state index in [1.54, 1.807) is 38.5 Å². The predicted octanol–water partition coefficient (Wildman–Crippen LogP) is 3.53. The van der Waals surface area contributed by atoms with E-state index in [0.717, 1.165) is 0 Å². The van der Waals surface area contributed by atoms with Gasteiger partial charge in [0, 0.05) is 17.1 Å². The van der Waals surface area contributed by atoms with Crippen molar-refractivity contribution in [3.8, 4) is 11.5 Å². The Bertz CT molecular complexity index is 859. The summed E-state index contributed by atoms with van der Waals surface area (Å²) in [5, 5.41) is 3.65. The zero-order chi connectivity index (χ0) is 16.4. The van der Waals surface area contributed by atoms with Crippen molar-refractivity contribution in [1.82, 2.24) is 9.97 Å². The Labute approximate surface area is 144 Å². The molecule has 0 aliphatic rings. The summed E-state index contributed by atoms with van der Waals surface area (Å²) in [5.41, 5.74) is 7.27. The lowest BCUT2D eigenvalue weighted by atomic mass is 10.2. The maximum Gasteiger partial charge on any atom is 0.229 e. The monoisotopic (exact) mass is 350 g/mol. The molecular weight excluding hydrogens is 335 g/mol. The summed E-state index contributed by atoms with van der Waals surface area (Å²) >= 11 is 0. The number of methoxy groups -OCH3 is 2. The molecule has 0 fully saturated rings. The van der Waals surface area contributed by atoms with Gasteiger partial charge in [0.05, 0.1) is 19.7 Å². The van der Waals surface area contributed by atoms with Crippen molar-refractivity contribution in [2.45, 2.75) is 0 Å². The lowest BCUT2D eigenvalue weighted by Crippen LogP contribution is -2.02. The molecule has 3 aromatic rings.